The van der Waals surface area contributed by atoms with Crippen molar-refractivity contribution in [3.8, 4) is 67.5 Å². The van der Waals surface area contributed by atoms with Gasteiger partial charge in [-0.15, -0.1) is 0 Å². The maximum atomic E-state index is 6.50. The molecule has 0 unspecified atom stereocenters. The smallest absolute Gasteiger partial charge is 0.135 e. The zero-order chi connectivity index (χ0) is 36.5. The fourth-order valence-corrected chi connectivity index (χ4v) is 9.85. The summed E-state index contributed by atoms with van der Waals surface area (Å²) < 4.78 is 12.9. The van der Waals surface area contributed by atoms with Crippen LogP contribution in [0, 0.1) is 0 Å². The molecule has 0 amide bonds. The van der Waals surface area contributed by atoms with Gasteiger partial charge in [0.1, 0.15) is 23.0 Å². The molecule has 258 valence electrons. The van der Waals surface area contributed by atoms with Gasteiger partial charge in [0, 0.05) is 21.9 Å². The quantitative estimate of drug-likeness (QED) is 0.166. The summed E-state index contributed by atoms with van der Waals surface area (Å²) in [5, 5.41) is 14.8. The van der Waals surface area contributed by atoms with Crippen molar-refractivity contribution >= 4 is 64.6 Å². The van der Waals surface area contributed by atoms with E-state index in [1.165, 1.54) is 98.0 Å². The number of fused-ring (bicyclic) bond motifs is 12. The average molecular weight is 711 g/mol. The Balaban J connectivity index is 1.07. The number of hydrogen-bond acceptors (Lipinski definition) is 2. The first-order valence-corrected chi connectivity index (χ1v) is 19.3. The van der Waals surface area contributed by atoms with Crippen LogP contribution in [0.1, 0.15) is 0 Å². The Labute approximate surface area is 322 Å². The van der Waals surface area contributed by atoms with E-state index in [9.17, 15) is 0 Å². The maximum Gasteiger partial charge on any atom is 0.135 e. The first kappa shape index (κ1) is 30.0. The van der Waals surface area contributed by atoms with E-state index in [4.69, 9.17) is 9.47 Å². The van der Waals surface area contributed by atoms with Crippen molar-refractivity contribution in [2.45, 2.75) is 0 Å². The van der Waals surface area contributed by atoms with Crippen LogP contribution in [0.3, 0.4) is 0 Å². The molecule has 0 bridgehead atoms. The molecule has 56 heavy (non-hydrogen) atoms. The van der Waals surface area contributed by atoms with Gasteiger partial charge in [0.2, 0.25) is 0 Å². The normalized spacial score (nSPS) is 12.6. The lowest BCUT2D eigenvalue weighted by Crippen LogP contribution is -1.98. The van der Waals surface area contributed by atoms with E-state index in [1.807, 2.05) is 12.1 Å². The predicted octanol–water partition coefficient (Wildman–Crippen LogP) is 15.5. The van der Waals surface area contributed by atoms with Gasteiger partial charge in [-0.25, -0.2) is 0 Å². The average Bonchev–Trinajstić information content (AvgIpc) is 3.26. The maximum absolute atomic E-state index is 6.50. The molecule has 0 aliphatic carbocycles. The minimum atomic E-state index is 0.904. The summed E-state index contributed by atoms with van der Waals surface area (Å²) in [7, 11) is 0. The molecule has 0 aromatic heterocycles. The molecule has 0 saturated carbocycles. The lowest BCUT2D eigenvalue weighted by Gasteiger charge is -2.23. The molecule has 2 aliphatic rings. The van der Waals surface area contributed by atoms with Crippen LogP contribution in [0.5, 0.6) is 23.0 Å². The third-order valence-electron chi connectivity index (χ3n) is 12.2. The minimum absolute atomic E-state index is 0.904. The van der Waals surface area contributed by atoms with Crippen LogP contribution in [-0.4, -0.2) is 0 Å². The Hall–Kier alpha value is -7.42. The Morgan fingerprint density at radius 2 is 0.714 bits per heavy atom. The lowest BCUT2D eigenvalue weighted by molar-refractivity contribution is 0.487. The van der Waals surface area contributed by atoms with Gasteiger partial charge >= 0.3 is 0 Å². The summed E-state index contributed by atoms with van der Waals surface area (Å²) in [6, 6.07) is 66.1. The van der Waals surface area contributed by atoms with Crippen LogP contribution in [0.4, 0.5) is 0 Å². The molecular weight excluding hydrogens is 681 g/mol. The third-order valence-corrected chi connectivity index (χ3v) is 12.2. The Morgan fingerprint density at radius 3 is 1.48 bits per heavy atom. The summed E-state index contributed by atoms with van der Waals surface area (Å²) in [6.07, 6.45) is 0. The van der Waals surface area contributed by atoms with E-state index in [1.54, 1.807) is 0 Å². The Morgan fingerprint density at radius 1 is 0.214 bits per heavy atom. The summed E-state index contributed by atoms with van der Waals surface area (Å²) in [5.41, 5.74) is 9.53. The highest BCUT2D eigenvalue weighted by Gasteiger charge is 2.24. The van der Waals surface area contributed by atoms with E-state index < -0.39 is 0 Å². The predicted molar refractivity (Wildman–Crippen MR) is 233 cm³/mol. The SMILES string of the molecule is c1ccc2c(c1)Oc1ccc(-c3ccc4c(c3)c3ccccc3c3cc(-c5ccc6c7c(cccc57)Oc5ccccc5-6)c5ccccc5c43)c3cccc-2c13. The van der Waals surface area contributed by atoms with Crippen LogP contribution in [0.15, 0.2) is 182 Å². The van der Waals surface area contributed by atoms with Crippen LogP contribution < -0.4 is 9.47 Å². The molecule has 2 nitrogen and oxygen atoms in total. The fraction of sp³-hybridized carbons (Fsp3) is 0. The molecule has 13 rings (SSSR count). The highest BCUT2D eigenvalue weighted by atomic mass is 16.5. The van der Waals surface area contributed by atoms with Gasteiger partial charge in [0.15, 0.2) is 0 Å². The number of rotatable bonds is 2. The fourth-order valence-electron chi connectivity index (χ4n) is 9.85. The molecule has 2 heterocycles. The number of ether oxygens (including phenoxy) is 2. The second-order valence-corrected chi connectivity index (χ2v) is 15.1. The second kappa shape index (κ2) is 11.1. The Bertz CT molecular complexity index is 3540. The van der Waals surface area contributed by atoms with E-state index in [2.05, 4.69) is 170 Å². The number of benzene rings is 11. The molecule has 11 aromatic carbocycles. The zero-order valence-corrected chi connectivity index (χ0v) is 30.1. The topological polar surface area (TPSA) is 18.5 Å². The summed E-state index contributed by atoms with van der Waals surface area (Å²) >= 11 is 0. The van der Waals surface area contributed by atoms with Gasteiger partial charge < -0.3 is 9.47 Å². The lowest BCUT2D eigenvalue weighted by atomic mass is 9.84. The van der Waals surface area contributed by atoms with Crippen molar-refractivity contribution in [3.05, 3.63) is 182 Å². The molecule has 0 spiro atoms. The van der Waals surface area contributed by atoms with Crippen molar-refractivity contribution in [2.24, 2.45) is 0 Å². The van der Waals surface area contributed by atoms with Gasteiger partial charge in [-0.1, -0.05) is 146 Å². The molecule has 2 heteroatoms. The van der Waals surface area contributed by atoms with E-state index in [0.717, 1.165) is 34.1 Å². The molecule has 11 aromatic rings. The van der Waals surface area contributed by atoms with E-state index in [-0.39, 0.29) is 0 Å². The van der Waals surface area contributed by atoms with Gasteiger partial charge in [0.05, 0.1) is 0 Å². The van der Waals surface area contributed by atoms with Gasteiger partial charge in [-0.3, -0.25) is 0 Å². The largest absolute Gasteiger partial charge is 0.456 e. The molecule has 0 saturated heterocycles. The molecule has 0 radical (unpaired) electrons. The highest BCUT2D eigenvalue weighted by molar-refractivity contribution is 6.34. The zero-order valence-electron chi connectivity index (χ0n) is 30.1. The van der Waals surface area contributed by atoms with Crippen LogP contribution in [-0.2, 0) is 0 Å². The summed E-state index contributed by atoms with van der Waals surface area (Å²) in [6.45, 7) is 0. The van der Waals surface area contributed by atoms with Crippen LogP contribution >= 0.6 is 0 Å². The van der Waals surface area contributed by atoms with E-state index in [0.29, 0.717) is 0 Å². The second-order valence-electron chi connectivity index (χ2n) is 15.1. The van der Waals surface area contributed by atoms with Crippen molar-refractivity contribution in [3.63, 3.8) is 0 Å². The summed E-state index contributed by atoms with van der Waals surface area (Å²) in [5.74, 6) is 3.62. The van der Waals surface area contributed by atoms with Crippen molar-refractivity contribution < 1.29 is 9.47 Å². The van der Waals surface area contributed by atoms with Gasteiger partial charge in [-0.05, 0) is 124 Å². The monoisotopic (exact) mass is 710 g/mol. The number of hydrogen-bond donors (Lipinski definition) is 0. The standard InChI is InChI=1S/C54H30O2/c1-2-12-34-33(11-1)45-29-31(32-27-28-51-53-39(32)17-9-18-42(53)37-14-5-7-20-48(37)56-51)23-24-44(45)52-40-16-4-3-13-35(40)46(30-47(34)52)36-25-26-43-38-15-6-8-21-49(38)55-50-22-10-19-41(36)54(43)50/h1-30H. The molecular formula is C54H30O2. The highest BCUT2D eigenvalue weighted by Crippen LogP contribution is 2.52. The van der Waals surface area contributed by atoms with Crippen molar-refractivity contribution in [2.75, 3.05) is 0 Å². The van der Waals surface area contributed by atoms with Crippen LogP contribution in [0.25, 0.3) is 109 Å². The molecule has 0 N–H and O–H groups in total. The Kier molecular flexibility index (Phi) is 5.92. The molecule has 2 aliphatic heterocycles. The van der Waals surface area contributed by atoms with Crippen molar-refractivity contribution in [1.29, 1.82) is 0 Å². The van der Waals surface area contributed by atoms with Crippen molar-refractivity contribution in [1.82, 2.24) is 0 Å². The van der Waals surface area contributed by atoms with E-state index >= 15 is 0 Å². The third kappa shape index (κ3) is 4.00. The molecule has 0 atom stereocenters. The first-order chi connectivity index (χ1) is 27.8. The molecule has 0 fully saturated rings. The number of para-hydroxylation sites is 2. The van der Waals surface area contributed by atoms with Gasteiger partial charge in [0.25, 0.3) is 0 Å². The summed E-state index contributed by atoms with van der Waals surface area (Å²) in [4.78, 5) is 0. The van der Waals surface area contributed by atoms with Gasteiger partial charge in [-0.2, -0.15) is 0 Å². The first-order valence-electron chi connectivity index (χ1n) is 19.3. The van der Waals surface area contributed by atoms with Crippen LogP contribution in [0.2, 0.25) is 0 Å². The minimum Gasteiger partial charge on any atom is -0.456 e.